The molecule has 0 aliphatic carbocycles. The maximum absolute atomic E-state index is 11.6. The molecule has 2 N–H and O–H groups in total. The summed E-state index contributed by atoms with van der Waals surface area (Å²) in [6.07, 6.45) is 3.63. The Bertz CT molecular complexity index is 945. The summed E-state index contributed by atoms with van der Waals surface area (Å²) < 4.78 is 5.64. The molecular weight excluding hydrogens is 396 g/mol. The zero-order valence-corrected chi connectivity index (χ0v) is 18.3. The second-order valence-electron chi connectivity index (χ2n) is 8.99. The Kier molecular flexibility index (Phi) is 6.83. The van der Waals surface area contributed by atoms with E-state index >= 15 is 0 Å². The minimum Gasteiger partial charge on any atom is -0.507 e. The van der Waals surface area contributed by atoms with Crippen molar-refractivity contribution in [1.29, 1.82) is 0 Å². The molecule has 1 heterocycles. The van der Waals surface area contributed by atoms with Crippen LogP contribution < -0.4 is 9.64 Å². The monoisotopic (exact) mass is 426 g/mol. The summed E-state index contributed by atoms with van der Waals surface area (Å²) in [6, 6.07) is 9.27. The minimum atomic E-state index is -1.22. The van der Waals surface area contributed by atoms with Crippen molar-refractivity contribution in [3.8, 4) is 11.5 Å². The van der Waals surface area contributed by atoms with Crippen LogP contribution in [0.4, 0.5) is 5.69 Å². The van der Waals surface area contributed by atoms with E-state index in [0.717, 1.165) is 18.7 Å². The van der Waals surface area contributed by atoms with E-state index in [1.54, 1.807) is 0 Å². The van der Waals surface area contributed by atoms with Gasteiger partial charge in [-0.05, 0) is 54.0 Å². The normalized spacial score (nSPS) is 15.4. The van der Waals surface area contributed by atoms with E-state index in [1.165, 1.54) is 48.7 Å². The molecule has 0 spiro atoms. The number of phenols is 1. The first kappa shape index (κ1) is 22.6. The van der Waals surface area contributed by atoms with E-state index in [9.17, 15) is 14.8 Å². The van der Waals surface area contributed by atoms with Gasteiger partial charge in [0.1, 0.15) is 23.7 Å². The standard InChI is InChI=1S/C24H30N2O5/c1-24(2,3)19-13-16(7-10-21(19)26-11-5-4-6-12-26)20(25-30)15-31-17-8-9-18(23(28)29)22(27)14-17/h7-10,13-14,20,27H,4-6,11-12,15H2,1-3H3,(H,28,29). The fraction of sp³-hybridized carbons (Fsp3) is 0.458. The number of ether oxygens (including phenoxy) is 1. The SMILES string of the molecule is CC(C)(C)c1cc(C(COc2ccc(C(=O)O)c(O)c2)N=O)ccc1N1CCCCC1. The first-order chi connectivity index (χ1) is 14.7. The molecular formula is C24H30N2O5. The van der Waals surface area contributed by atoms with Crippen LogP contribution in [0.3, 0.4) is 0 Å². The van der Waals surface area contributed by atoms with E-state index in [-0.39, 0.29) is 29.1 Å². The van der Waals surface area contributed by atoms with Crippen LogP contribution in [0.15, 0.2) is 41.6 Å². The van der Waals surface area contributed by atoms with Gasteiger partial charge in [0.15, 0.2) is 6.04 Å². The number of nitrogens with zero attached hydrogens (tertiary/aromatic N) is 2. The van der Waals surface area contributed by atoms with E-state index < -0.39 is 12.0 Å². The molecule has 0 saturated carbocycles. The molecule has 3 rings (SSSR count). The number of piperidine rings is 1. The molecule has 7 nitrogen and oxygen atoms in total. The Hall–Kier alpha value is -3.09. The Morgan fingerprint density at radius 3 is 2.42 bits per heavy atom. The Morgan fingerprint density at radius 2 is 1.84 bits per heavy atom. The van der Waals surface area contributed by atoms with Crippen molar-refractivity contribution < 1.29 is 19.7 Å². The lowest BCUT2D eigenvalue weighted by Crippen LogP contribution is -2.32. The molecule has 1 atom stereocenters. The number of anilines is 1. The van der Waals surface area contributed by atoms with Gasteiger partial charge in [0.2, 0.25) is 0 Å². The summed E-state index contributed by atoms with van der Waals surface area (Å²) >= 11 is 0. The summed E-state index contributed by atoms with van der Waals surface area (Å²) in [5.74, 6) is -1.33. The number of hydrogen-bond donors (Lipinski definition) is 2. The molecule has 0 aromatic heterocycles. The third kappa shape index (κ3) is 5.34. The maximum Gasteiger partial charge on any atom is 0.339 e. The van der Waals surface area contributed by atoms with Crippen LogP contribution in [-0.4, -0.2) is 35.9 Å². The Labute approximate surface area is 182 Å². The third-order valence-corrected chi connectivity index (χ3v) is 5.64. The van der Waals surface area contributed by atoms with Gasteiger partial charge in [0.05, 0.1) is 0 Å². The number of hydrogen-bond acceptors (Lipinski definition) is 6. The second-order valence-corrected chi connectivity index (χ2v) is 8.99. The van der Waals surface area contributed by atoms with Crippen LogP contribution in [0, 0.1) is 4.91 Å². The van der Waals surface area contributed by atoms with Gasteiger partial charge in [-0.1, -0.05) is 38.1 Å². The van der Waals surface area contributed by atoms with Gasteiger partial charge in [0, 0.05) is 24.8 Å². The van der Waals surface area contributed by atoms with Crippen molar-refractivity contribution in [2.75, 3.05) is 24.6 Å². The number of carboxylic acids is 1. The first-order valence-electron chi connectivity index (χ1n) is 10.6. The summed E-state index contributed by atoms with van der Waals surface area (Å²) in [7, 11) is 0. The number of aromatic hydroxyl groups is 1. The van der Waals surface area contributed by atoms with E-state index in [1.807, 2.05) is 12.1 Å². The van der Waals surface area contributed by atoms with E-state index in [4.69, 9.17) is 9.84 Å². The van der Waals surface area contributed by atoms with Crippen molar-refractivity contribution >= 4 is 11.7 Å². The molecule has 7 heteroatoms. The molecule has 1 unspecified atom stereocenters. The summed E-state index contributed by atoms with van der Waals surface area (Å²) in [5.41, 5.74) is 2.84. The number of benzene rings is 2. The summed E-state index contributed by atoms with van der Waals surface area (Å²) in [4.78, 5) is 25.1. The van der Waals surface area contributed by atoms with Crippen LogP contribution in [0.1, 0.15) is 67.6 Å². The molecule has 0 amide bonds. The van der Waals surface area contributed by atoms with Crippen LogP contribution in [0.25, 0.3) is 0 Å². The van der Waals surface area contributed by atoms with Gasteiger partial charge in [-0.15, -0.1) is 0 Å². The van der Waals surface area contributed by atoms with Gasteiger partial charge in [-0.25, -0.2) is 4.79 Å². The predicted octanol–water partition coefficient (Wildman–Crippen LogP) is 5.26. The number of carbonyl (C=O) groups is 1. The lowest BCUT2D eigenvalue weighted by atomic mass is 9.83. The molecule has 31 heavy (non-hydrogen) atoms. The van der Waals surface area contributed by atoms with Crippen molar-refractivity contribution in [2.24, 2.45) is 5.18 Å². The Morgan fingerprint density at radius 1 is 1.13 bits per heavy atom. The van der Waals surface area contributed by atoms with Crippen LogP contribution in [0.5, 0.6) is 11.5 Å². The maximum atomic E-state index is 11.6. The van der Waals surface area contributed by atoms with Gasteiger partial charge in [-0.2, -0.15) is 4.91 Å². The quantitative estimate of drug-likeness (QED) is 0.586. The Balaban J connectivity index is 1.81. The van der Waals surface area contributed by atoms with Crippen molar-refractivity contribution in [2.45, 2.75) is 51.5 Å². The second kappa shape index (κ2) is 9.37. The summed E-state index contributed by atoms with van der Waals surface area (Å²) in [6.45, 7) is 8.54. The molecule has 1 fully saturated rings. The molecule has 0 radical (unpaired) electrons. The number of nitroso groups, excluding NO2 is 1. The molecule has 1 aliphatic rings. The lowest BCUT2D eigenvalue weighted by Gasteiger charge is -2.34. The number of aromatic carboxylic acids is 1. The third-order valence-electron chi connectivity index (χ3n) is 5.64. The fourth-order valence-corrected chi connectivity index (χ4v) is 3.92. The fourth-order valence-electron chi connectivity index (χ4n) is 3.92. The number of rotatable bonds is 7. The van der Waals surface area contributed by atoms with Crippen LogP contribution in [0.2, 0.25) is 0 Å². The predicted molar refractivity (Wildman–Crippen MR) is 120 cm³/mol. The molecule has 1 saturated heterocycles. The van der Waals surface area contributed by atoms with E-state index in [2.05, 4.69) is 36.9 Å². The highest BCUT2D eigenvalue weighted by atomic mass is 16.5. The summed E-state index contributed by atoms with van der Waals surface area (Å²) in [5, 5.41) is 22.1. The van der Waals surface area contributed by atoms with Crippen LogP contribution >= 0.6 is 0 Å². The lowest BCUT2D eigenvalue weighted by molar-refractivity contribution is 0.0693. The van der Waals surface area contributed by atoms with Gasteiger partial charge in [-0.3, -0.25) is 0 Å². The van der Waals surface area contributed by atoms with Crippen molar-refractivity contribution in [3.05, 3.63) is 58.0 Å². The zero-order valence-electron chi connectivity index (χ0n) is 18.3. The van der Waals surface area contributed by atoms with Crippen molar-refractivity contribution in [1.82, 2.24) is 0 Å². The smallest absolute Gasteiger partial charge is 0.339 e. The molecule has 1 aliphatic heterocycles. The highest BCUT2D eigenvalue weighted by molar-refractivity contribution is 5.90. The average molecular weight is 427 g/mol. The largest absolute Gasteiger partial charge is 0.507 e. The van der Waals surface area contributed by atoms with Gasteiger partial charge >= 0.3 is 5.97 Å². The minimum absolute atomic E-state index is 0.0119. The highest BCUT2D eigenvalue weighted by Crippen LogP contribution is 2.36. The average Bonchev–Trinajstić information content (AvgIpc) is 2.74. The molecule has 0 bridgehead atoms. The first-order valence-corrected chi connectivity index (χ1v) is 10.6. The molecule has 2 aromatic rings. The number of carboxylic acid groups (broad SMARTS) is 1. The van der Waals surface area contributed by atoms with Gasteiger partial charge < -0.3 is 19.8 Å². The van der Waals surface area contributed by atoms with Crippen molar-refractivity contribution in [3.63, 3.8) is 0 Å². The molecule has 166 valence electrons. The highest BCUT2D eigenvalue weighted by Gasteiger charge is 2.25. The molecule has 2 aromatic carbocycles. The zero-order chi connectivity index (χ0) is 22.6. The van der Waals surface area contributed by atoms with E-state index in [0.29, 0.717) is 0 Å². The van der Waals surface area contributed by atoms with Gasteiger partial charge in [0.25, 0.3) is 0 Å². The van der Waals surface area contributed by atoms with Crippen LogP contribution in [-0.2, 0) is 5.41 Å². The topological polar surface area (TPSA) is 99.4 Å².